The highest BCUT2D eigenvalue weighted by Gasteiger charge is 2.15. The molecule has 86 valence electrons. The van der Waals surface area contributed by atoms with Gasteiger partial charge in [0.05, 0.1) is 24.3 Å². The molecule has 0 saturated carbocycles. The van der Waals surface area contributed by atoms with Crippen molar-refractivity contribution in [3.63, 3.8) is 0 Å². The van der Waals surface area contributed by atoms with Crippen molar-refractivity contribution in [2.24, 2.45) is 0 Å². The fraction of sp³-hybridized carbons (Fsp3) is 0.417. The summed E-state index contributed by atoms with van der Waals surface area (Å²) in [5.74, 6) is -0.376. The SMILES string of the molecule is C[C@H](O)c1cccc(F)c1N(C)CCC#N. The van der Waals surface area contributed by atoms with Crippen molar-refractivity contribution in [2.75, 3.05) is 18.5 Å². The summed E-state index contributed by atoms with van der Waals surface area (Å²) in [4.78, 5) is 1.65. The first-order valence-electron chi connectivity index (χ1n) is 5.12. The van der Waals surface area contributed by atoms with Crippen LogP contribution in [0.4, 0.5) is 10.1 Å². The normalized spacial score (nSPS) is 11.9. The lowest BCUT2D eigenvalue weighted by Gasteiger charge is -2.23. The van der Waals surface area contributed by atoms with Crippen molar-refractivity contribution in [1.29, 1.82) is 5.26 Å². The minimum absolute atomic E-state index is 0.323. The van der Waals surface area contributed by atoms with E-state index in [9.17, 15) is 9.50 Å². The third-order valence-electron chi connectivity index (χ3n) is 2.41. The van der Waals surface area contributed by atoms with Crippen LogP contribution >= 0.6 is 0 Å². The van der Waals surface area contributed by atoms with E-state index in [0.717, 1.165) is 0 Å². The molecule has 4 heteroatoms. The second-order valence-corrected chi connectivity index (χ2v) is 3.68. The van der Waals surface area contributed by atoms with Crippen LogP contribution in [0.2, 0.25) is 0 Å². The molecule has 0 fully saturated rings. The van der Waals surface area contributed by atoms with Crippen molar-refractivity contribution >= 4 is 5.69 Å². The van der Waals surface area contributed by atoms with Gasteiger partial charge in [0.25, 0.3) is 0 Å². The van der Waals surface area contributed by atoms with Gasteiger partial charge < -0.3 is 10.0 Å². The molecule has 1 N–H and O–H groups in total. The predicted octanol–water partition coefficient (Wildman–Crippen LogP) is 2.23. The van der Waals surface area contributed by atoms with Crippen LogP contribution in [-0.4, -0.2) is 18.7 Å². The van der Waals surface area contributed by atoms with Gasteiger partial charge >= 0.3 is 0 Å². The van der Waals surface area contributed by atoms with Crippen LogP contribution < -0.4 is 4.90 Å². The second-order valence-electron chi connectivity index (χ2n) is 3.68. The molecule has 0 aliphatic heterocycles. The van der Waals surface area contributed by atoms with Crippen molar-refractivity contribution < 1.29 is 9.50 Å². The molecule has 0 saturated heterocycles. The molecule has 0 aliphatic carbocycles. The quantitative estimate of drug-likeness (QED) is 0.849. The Morgan fingerprint density at radius 2 is 2.25 bits per heavy atom. The molecule has 1 aromatic rings. The molecule has 0 aromatic heterocycles. The number of halogens is 1. The maximum absolute atomic E-state index is 13.7. The zero-order chi connectivity index (χ0) is 12.1. The summed E-state index contributed by atoms with van der Waals surface area (Å²) in [6.07, 6.45) is -0.403. The van der Waals surface area contributed by atoms with Gasteiger partial charge in [-0.3, -0.25) is 0 Å². The fourth-order valence-corrected chi connectivity index (χ4v) is 1.60. The lowest BCUT2D eigenvalue weighted by Crippen LogP contribution is -2.21. The Bertz CT molecular complexity index is 398. The molecular formula is C12H15FN2O. The van der Waals surface area contributed by atoms with E-state index in [2.05, 4.69) is 0 Å². The molecule has 0 spiro atoms. The average Bonchev–Trinajstić information content (AvgIpc) is 2.25. The van der Waals surface area contributed by atoms with Gasteiger partial charge in [-0.05, 0) is 13.0 Å². The number of para-hydroxylation sites is 1. The maximum atomic E-state index is 13.7. The first-order chi connectivity index (χ1) is 7.57. The molecule has 1 rings (SSSR count). The van der Waals surface area contributed by atoms with E-state index in [0.29, 0.717) is 24.2 Å². The summed E-state index contributed by atoms with van der Waals surface area (Å²) in [5, 5.41) is 18.0. The number of nitrogens with zero attached hydrogens (tertiary/aromatic N) is 2. The van der Waals surface area contributed by atoms with E-state index >= 15 is 0 Å². The Hall–Kier alpha value is -1.60. The van der Waals surface area contributed by atoms with Crippen LogP contribution in [0, 0.1) is 17.1 Å². The summed E-state index contributed by atoms with van der Waals surface area (Å²) in [7, 11) is 1.71. The van der Waals surface area contributed by atoms with Crippen LogP contribution in [-0.2, 0) is 0 Å². The molecule has 0 amide bonds. The number of anilines is 1. The first kappa shape index (κ1) is 12.5. The fourth-order valence-electron chi connectivity index (χ4n) is 1.60. The highest BCUT2D eigenvalue weighted by atomic mass is 19.1. The van der Waals surface area contributed by atoms with Crippen LogP contribution in [0.15, 0.2) is 18.2 Å². The number of nitriles is 1. The summed E-state index contributed by atoms with van der Waals surface area (Å²) in [6, 6.07) is 6.62. The average molecular weight is 222 g/mol. The molecule has 0 heterocycles. The molecule has 16 heavy (non-hydrogen) atoms. The van der Waals surface area contributed by atoms with Crippen molar-refractivity contribution in [3.05, 3.63) is 29.6 Å². The summed E-state index contributed by atoms with van der Waals surface area (Å²) >= 11 is 0. The van der Waals surface area contributed by atoms with Gasteiger partial charge in [-0.1, -0.05) is 12.1 Å². The van der Waals surface area contributed by atoms with E-state index in [-0.39, 0.29) is 5.82 Å². The van der Waals surface area contributed by atoms with Crippen LogP contribution in [0.1, 0.15) is 25.0 Å². The Morgan fingerprint density at radius 1 is 1.56 bits per heavy atom. The zero-order valence-electron chi connectivity index (χ0n) is 9.44. The van der Waals surface area contributed by atoms with E-state index in [4.69, 9.17) is 5.26 Å². The van der Waals surface area contributed by atoms with Gasteiger partial charge in [-0.25, -0.2) is 4.39 Å². The van der Waals surface area contributed by atoms with Crippen LogP contribution in [0.3, 0.4) is 0 Å². The standard InChI is InChI=1S/C12H15FN2O/c1-9(16)10-5-3-6-11(13)12(10)15(2)8-4-7-14/h3,5-6,9,16H,4,8H2,1-2H3/t9-/m0/s1. The topological polar surface area (TPSA) is 47.3 Å². The third kappa shape index (κ3) is 2.71. The van der Waals surface area contributed by atoms with Crippen LogP contribution in [0.25, 0.3) is 0 Å². The summed E-state index contributed by atoms with van der Waals surface area (Å²) in [5.41, 5.74) is 0.910. The predicted molar refractivity (Wildman–Crippen MR) is 60.5 cm³/mol. The van der Waals surface area contributed by atoms with E-state index in [1.807, 2.05) is 6.07 Å². The second kappa shape index (κ2) is 5.47. The molecule has 0 bridgehead atoms. The lowest BCUT2D eigenvalue weighted by molar-refractivity contribution is 0.199. The number of benzene rings is 1. The zero-order valence-corrected chi connectivity index (χ0v) is 9.44. The Balaban J connectivity index is 3.05. The number of aliphatic hydroxyl groups is 1. The highest BCUT2D eigenvalue weighted by molar-refractivity contribution is 5.55. The van der Waals surface area contributed by atoms with Gasteiger partial charge in [0.2, 0.25) is 0 Å². The van der Waals surface area contributed by atoms with Crippen molar-refractivity contribution in [1.82, 2.24) is 0 Å². The largest absolute Gasteiger partial charge is 0.389 e. The molecule has 0 aliphatic rings. The van der Waals surface area contributed by atoms with Gasteiger partial charge in [-0.2, -0.15) is 5.26 Å². The van der Waals surface area contributed by atoms with Crippen molar-refractivity contribution in [3.8, 4) is 6.07 Å². The first-order valence-corrected chi connectivity index (χ1v) is 5.12. The molecular weight excluding hydrogens is 207 g/mol. The summed E-state index contributed by atoms with van der Waals surface area (Å²) in [6.45, 7) is 2.04. The Kier molecular flexibility index (Phi) is 4.27. The molecule has 1 aromatic carbocycles. The lowest BCUT2D eigenvalue weighted by atomic mass is 10.1. The molecule has 0 radical (unpaired) electrons. The number of aliphatic hydroxyl groups excluding tert-OH is 1. The molecule has 3 nitrogen and oxygen atoms in total. The Morgan fingerprint density at radius 3 is 2.81 bits per heavy atom. The van der Waals surface area contributed by atoms with Gasteiger partial charge in [0.15, 0.2) is 0 Å². The minimum Gasteiger partial charge on any atom is -0.389 e. The van der Waals surface area contributed by atoms with Crippen LogP contribution in [0.5, 0.6) is 0 Å². The van der Waals surface area contributed by atoms with Gasteiger partial charge in [0, 0.05) is 19.2 Å². The monoisotopic (exact) mass is 222 g/mol. The van der Waals surface area contributed by atoms with Gasteiger partial charge in [-0.15, -0.1) is 0 Å². The number of hydrogen-bond donors (Lipinski definition) is 1. The maximum Gasteiger partial charge on any atom is 0.146 e. The van der Waals surface area contributed by atoms with E-state index in [1.54, 1.807) is 31.0 Å². The Labute approximate surface area is 94.7 Å². The smallest absolute Gasteiger partial charge is 0.146 e. The minimum atomic E-state index is -0.727. The third-order valence-corrected chi connectivity index (χ3v) is 2.41. The summed E-state index contributed by atoms with van der Waals surface area (Å²) < 4.78 is 13.7. The number of rotatable bonds is 4. The van der Waals surface area contributed by atoms with E-state index < -0.39 is 6.10 Å². The van der Waals surface area contributed by atoms with Crippen molar-refractivity contribution in [2.45, 2.75) is 19.4 Å². The number of hydrogen-bond acceptors (Lipinski definition) is 3. The van der Waals surface area contributed by atoms with Gasteiger partial charge in [0.1, 0.15) is 5.82 Å². The molecule has 0 unspecified atom stereocenters. The highest BCUT2D eigenvalue weighted by Crippen LogP contribution is 2.28. The van der Waals surface area contributed by atoms with E-state index in [1.165, 1.54) is 6.07 Å². The molecule has 1 atom stereocenters.